The lowest BCUT2D eigenvalue weighted by Gasteiger charge is -2.23. The average molecular weight is 462 g/mol. The Labute approximate surface area is 198 Å². The summed E-state index contributed by atoms with van der Waals surface area (Å²) in [7, 11) is 0. The summed E-state index contributed by atoms with van der Waals surface area (Å²) in [5, 5.41) is 0.658. The molecule has 4 atom stereocenters. The third-order valence-electron chi connectivity index (χ3n) is 5.64. The lowest BCUT2D eigenvalue weighted by atomic mass is 10.1. The number of hydrogen-bond acceptors (Lipinski definition) is 6. The van der Waals surface area contributed by atoms with Gasteiger partial charge in [0.15, 0.2) is 12.3 Å². The van der Waals surface area contributed by atoms with Gasteiger partial charge in [0.05, 0.1) is 19.8 Å². The third kappa shape index (κ3) is 5.84. The van der Waals surface area contributed by atoms with Gasteiger partial charge in [-0.1, -0.05) is 103 Å². The van der Waals surface area contributed by atoms with E-state index in [9.17, 15) is 0 Å². The van der Waals surface area contributed by atoms with Crippen LogP contribution in [0.2, 0.25) is 0 Å². The molecule has 0 saturated carbocycles. The SMILES string of the molecule is c1ccc(COC[C@H]2OC3N=C(SCc4ccccc4)O[C@@H]3[C@@H]2OCc2ccccc2)cc1. The van der Waals surface area contributed by atoms with Gasteiger partial charge in [-0.25, -0.2) is 4.99 Å². The first-order chi connectivity index (χ1) is 16.3. The van der Waals surface area contributed by atoms with Gasteiger partial charge >= 0.3 is 0 Å². The summed E-state index contributed by atoms with van der Waals surface area (Å²) in [5.74, 6) is 0.804. The summed E-state index contributed by atoms with van der Waals surface area (Å²) in [6.07, 6.45) is -1.13. The number of benzene rings is 3. The Hall–Kier alpha value is -2.64. The maximum Gasteiger partial charge on any atom is 0.249 e. The normalized spacial score (nSPS) is 23.7. The molecular weight excluding hydrogens is 434 g/mol. The zero-order valence-corrected chi connectivity index (χ0v) is 19.1. The fraction of sp³-hybridized carbons (Fsp3) is 0.296. The molecule has 0 bridgehead atoms. The first kappa shape index (κ1) is 22.2. The van der Waals surface area contributed by atoms with Gasteiger partial charge in [0.25, 0.3) is 0 Å². The van der Waals surface area contributed by atoms with Gasteiger partial charge in [0.1, 0.15) is 12.2 Å². The fourth-order valence-corrected chi connectivity index (χ4v) is 4.79. The number of ether oxygens (including phenoxy) is 4. The molecule has 1 fully saturated rings. The van der Waals surface area contributed by atoms with Crippen molar-refractivity contribution in [3.63, 3.8) is 0 Å². The molecule has 1 saturated heterocycles. The van der Waals surface area contributed by atoms with E-state index in [2.05, 4.69) is 41.4 Å². The highest BCUT2D eigenvalue weighted by atomic mass is 32.2. The second-order valence-electron chi connectivity index (χ2n) is 8.08. The molecule has 0 N–H and O–H groups in total. The second kappa shape index (κ2) is 11.0. The summed E-state index contributed by atoms with van der Waals surface area (Å²) in [6, 6.07) is 30.6. The van der Waals surface area contributed by atoms with Crippen molar-refractivity contribution >= 4 is 17.0 Å². The van der Waals surface area contributed by atoms with Crippen LogP contribution in [0.3, 0.4) is 0 Å². The Balaban J connectivity index is 1.21. The minimum Gasteiger partial charge on any atom is -0.462 e. The van der Waals surface area contributed by atoms with Crippen LogP contribution in [0.5, 0.6) is 0 Å². The van der Waals surface area contributed by atoms with Crippen LogP contribution in [-0.2, 0) is 37.9 Å². The van der Waals surface area contributed by atoms with Gasteiger partial charge in [0, 0.05) is 5.75 Å². The number of rotatable bonds is 9. The van der Waals surface area contributed by atoms with E-state index in [4.69, 9.17) is 18.9 Å². The zero-order chi connectivity index (χ0) is 22.3. The highest BCUT2D eigenvalue weighted by Gasteiger charge is 2.51. The number of nitrogens with zero attached hydrogens (tertiary/aromatic N) is 1. The van der Waals surface area contributed by atoms with Crippen LogP contribution < -0.4 is 0 Å². The molecule has 0 amide bonds. The van der Waals surface area contributed by atoms with Gasteiger partial charge in [-0.05, 0) is 16.7 Å². The predicted molar refractivity (Wildman–Crippen MR) is 130 cm³/mol. The minimum atomic E-state index is -0.366. The Morgan fingerprint density at radius 3 is 2.03 bits per heavy atom. The molecule has 1 unspecified atom stereocenters. The summed E-state index contributed by atoms with van der Waals surface area (Å²) in [4.78, 5) is 4.69. The standard InChI is InChI=1S/C27H27NO4S/c1-4-10-20(11-5-1)16-29-18-23-24(30-17-21-12-6-2-7-13-21)25-26(31-23)28-27(32-25)33-19-22-14-8-3-9-15-22/h1-15,23-26H,16-19H2/t23-,24-,25-,26?/m1/s1. The fourth-order valence-electron chi connectivity index (χ4n) is 3.95. The maximum atomic E-state index is 6.32. The van der Waals surface area contributed by atoms with Gasteiger partial charge < -0.3 is 18.9 Å². The Morgan fingerprint density at radius 2 is 1.36 bits per heavy atom. The van der Waals surface area contributed by atoms with Crippen molar-refractivity contribution in [3.05, 3.63) is 108 Å². The molecular formula is C27H27NO4S. The summed E-state index contributed by atoms with van der Waals surface area (Å²) in [6.45, 7) is 1.44. The molecule has 0 aromatic heterocycles. The van der Waals surface area contributed by atoms with Crippen LogP contribution in [0.15, 0.2) is 96.0 Å². The lowest BCUT2D eigenvalue weighted by Crippen LogP contribution is -2.37. The van der Waals surface area contributed by atoms with Gasteiger partial charge in [-0.2, -0.15) is 0 Å². The van der Waals surface area contributed by atoms with E-state index in [1.807, 2.05) is 54.6 Å². The summed E-state index contributed by atoms with van der Waals surface area (Å²) in [5.41, 5.74) is 3.48. The van der Waals surface area contributed by atoms with Crippen molar-refractivity contribution in [1.29, 1.82) is 0 Å². The van der Waals surface area contributed by atoms with Crippen LogP contribution in [-0.4, -0.2) is 36.4 Å². The highest BCUT2D eigenvalue weighted by molar-refractivity contribution is 8.12. The van der Waals surface area contributed by atoms with E-state index < -0.39 is 0 Å². The number of fused-ring (bicyclic) bond motifs is 1. The molecule has 170 valence electrons. The van der Waals surface area contributed by atoms with Crippen LogP contribution in [0, 0.1) is 0 Å². The van der Waals surface area contributed by atoms with Crippen molar-refractivity contribution < 1.29 is 18.9 Å². The second-order valence-corrected chi connectivity index (χ2v) is 9.01. The van der Waals surface area contributed by atoms with E-state index in [0.29, 0.717) is 25.1 Å². The van der Waals surface area contributed by atoms with Crippen LogP contribution in [0.1, 0.15) is 16.7 Å². The molecule has 33 heavy (non-hydrogen) atoms. The zero-order valence-electron chi connectivity index (χ0n) is 18.3. The molecule has 3 aromatic carbocycles. The van der Waals surface area contributed by atoms with Crippen LogP contribution in [0.25, 0.3) is 0 Å². The average Bonchev–Trinajstić information content (AvgIpc) is 3.41. The smallest absolute Gasteiger partial charge is 0.249 e. The molecule has 6 heteroatoms. The van der Waals surface area contributed by atoms with Crippen molar-refractivity contribution in [3.8, 4) is 0 Å². The van der Waals surface area contributed by atoms with E-state index in [-0.39, 0.29) is 24.5 Å². The first-order valence-electron chi connectivity index (χ1n) is 11.2. The summed E-state index contributed by atoms with van der Waals surface area (Å²) < 4.78 is 24.7. The van der Waals surface area contributed by atoms with Crippen molar-refractivity contribution in [1.82, 2.24) is 0 Å². The van der Waals surface area contributed by atoms with Gasteiger partial charge in [-0.15, -0.1) is 0 Å². The van der Waals surface area contributed by atoms with E-state index >= 15 is 0 Å². The quantitative estimate of drug-likeness (QED) is 0.438. The van der Waals surface area contributed by atoms with Gasteiger partial charge in [-0.3, -0.25) is 0 Å². The maximum absolute atomic E-state index is 6.32. The first-order valence-corrected chi connectivity index (χ1v) is 12.2. The Kier molecular flexibility index (Phi) is 7.38. The molecule has 0 spiro atoms. The van der Waals surface area contributed by atoms with E-state index in [1.54, 1.807) is 11.8 Å². The number of hydrogen-bond donors (Lipinski definition) is 0. The predicted octanol–water partition coefficient (Wildman–Crippen LogP) is 5.20. The molecule has 5 nitrogen and oxygen atoms in total. The largest absolute Gasteiger partial charge is 0.462 e. The summed E-state index contributed by atoms with van der Waals surface area (Å²) >= 11 is 1.59. The third-order valence-corrected chi connectivity index (χ3v) is 6.57. The minimum absolute atomic E-state index is 0.239. The van der Waals surface area contributed by atoms with Crippen LogP contribution in [0.4, 0.5) is 0 Å². The van der Waals surface area contributed by atoms with E-state index in [0.717, 1.165) is 16.9 Å². The molecule has 0 radical (unpaired) electrons. The van der Waals surface area contributed by atoms with Crippen molar-refractivity contribution in [2.75, 3.05) is 6.61 Å². The Morgan fingerprint density at radius 1 is 0.758 bits per heavy atom. The van der Waals surface area contributed by atoms with Crippen molar-refractivity contribution in [2.45, 2.75) is 43.5 Å². The Bertz CT molecular complexity index is 1030. The monoisotopic (exact) mass is 461 g/mol. The molecule has 2 aliphatic rings. The number of aliphatic imine (C=N–C) groups is 1. The molecule has 0 aliphatic carbocycles. The van der Waals surface area contributed by atoms with Crippen molar-refractivity contribution in [2.24, 2.45) is 4.99 Å². The van der Waals surface area contributed by atoms with Crippen LogP contribution >= 0.6 is 11.8 Å². The highest BCUT2D eigenvalue weighted by Crippen LogP contribution is 2.35. The molecule has 3 aromatic rings. The molecule has 5 rings (SSSR count). The molecule has 2 heterocycles. The lowest BCUT2D eigenvalue weighted by molar-refractivity contribution is -0.0772. The topological polar surface area (TPSA) is 49.3 Å². The van der Waals surface area contributed by atoms with Gasteiger partial charge in [0.2, 0.25) is 5.23 Å². The van der Waals surface area contributed by atoms with E-state index in [1.165, 1.54) is 5.56 Å². The number of thioether (sulfide) groups is 1. The molecule has 2 aliphatic heterocycles.